The molecule has 3 N–H and O–H groups in total. The lowest BCUT2D eigenvalue weighted by Crippen LogP contribution is -2.40. The molecule has 4 aliphatic rings. The summed E-state index contributed by atoms with van der Waals surface area (Å²) in [4.78, 5) is 40.7. The Morgan fingerprint density at radius 1 is 1.04 bits per heavy atom. The van der Waals surface area contributed by atoms with E-state index in [9.17, 15) is 9.59 Å². The number of fused-ring (bicyclic) bond motifs is 7. The van der Waals surface area contributed by atoms with Crippen LogP contribution in [0.3, 0.4) is 0 Å². The van der Waals surface area contributed by atoms with E-state index in [4.69, 9.17) is 23.5 Å². The maximum atomic E-state index is 14.2. The van der Waals surface area contributed by atoms with E-state index in [2.05, 4.69) is 58.1 Å². The van der Waals surface area contributed by atoms with Crippen molar-refractivity contribution in [2.24, 2.45) is 11.8 Å². The Hall–Kier alpha value is -5.29. The lowest BCUT2D eigenvalue weighted by molar-refractivity contribution is -0.128. The Morgan fingerprint density at radius 2 is 1.90 bits per heavy atom. The summed E-state index contributed by atoms with van der Waals surface area (Å²) in [5.74, 6) is 2.34. The number of carbonyl (C=O) groups is 2. The molecule has 0 saturated heterocycles. The van der Waals surface area contributed by atoms with Crippen molar-refractivity contribution in [2.45, 2.75) is 57.7 Å². The summed E-state index contributed by atoms with van der Waals surface area (Å²) in [6, 6.07) is 18.1. The van der Waals surface area contributed by atoms with E-state index in [0.29, 0.717) is 41.2 Å². The molecular weight excluding hydrogens is 663 g/mol. The minimum absolute atomic E-state index is 0.0128. The van der Waals surface area contributed by atoms with Gasteiger partial charge in [0, 0.05) is 63.1 Å². The Balaban J connectivity index is 1.28. The summed E-state index contributed by atoms with van der Waals surface area (Å²) in [6.45, 7) is 6.10. The number of hydrogen-bond acceptors (Lipinski definition) is 9. The van der Waals surface area contributed by atoms with Crippen LogP contribution in [0.5, 0.6) is 5.75 Å². The molecule has 0 aliphatic carbocycles. The number of anilines is 1. The first kappa shape index (κ1) is 30.5. The molecule has 0 fully saturated rings. The number of benzene rings is 3. The molecular formula is C40H35N5O5S. The van der Waals surface area contributed by atoms with Gasteiger partial charge in [0.2, 0.25) is 17.7 Å². The Morgan fingerprint density at radius 3 is 2.76 bits per heavy atom. The molecule has 3 aromatic carbocycles. The second-order valence-corrected chi connectivity index (χ2v) is 15.4. The number of oxazole rings is 2. The van der Waals surface area contributed by atoms with E-state index >= 15 is 0 Å². The molecule has 4 aliphatic heterocycles. The molecule has 3 aromatic heterocycles. The van der Waals surface area contributed by atoms with Crippen molar-refractivity contribution < 1.29 is 23.2 Å². The maximum Gasteiger partial charge on any atom is 0.249 e. The van der Waals surface area contributed by atoms with Crippen molar-refractivity contribution in [3.05, 3.63) is 95.3 Å². The van der Waals surface area contributed by atoms with Crippen LogP contribution in [0.4, 0.5) is 5.69 Å². The van der Waals surface area contributed by atoms with Crippen molar-refractivity contribution in [1.82, 2.24) is 20.3 Å². The van der Waals surface area contributed by atoms with Gasteiger partial charge in [-0.2, -0.15) is 0 Å². The van der Waals surface area contributed by atoms with Gasteiger partial charge in [0.05, 0.1) is 6.20 Å². The highest BCUT2D eigenvalue weighted by atomic mass is 32.2. The predicted molar refractivity (Wildman–Crippen MR) is 194 cm³/mol. The summed E-state index contributed by atoms with van der Waals surface area (Å²) < 4.78 is 20.5. The molecule has 51 heavy (non-hydrogen) atoms. The molecule has 7 heterocycles. The van der Waals surface area contributed by atoms with Crippen LogP contribution in [0.1, 0.15) is 68.0 Å². The number of nitrogens with one attached hydrogen (secondary N) is 3. The largest absolute Gasteiger partial charge is 0.469 e. The third-order valence-electron chi connectivity index (χ3n) is 10.8. The molecule has 0 saturated carbocycles. The molecule has 1 amide bonds. The highest BCUT2D eigenvalue weighted by Crippen LogP contribution is 2.61. The number of thioether (sulfide) groups is 1. The molecule has 2 unspecified atom stereocenters. The standard InChI is InChI=1S/C40H35N5O5S/c1-4-13-51-30(46)16-21-14-20-11-12-28-26(15-20)40-25-9-5-8-23(33(25)45-39(40)49-28)22-7-6-10-27-31(22)24(17-41-27)29-18-42-37(48-29)34-35(40)50-38(44-34)32(19(2)3)43-36(21)47/h5-12,15,17-19,21,32,39,41,45H,4,13-14,16H2,1-3H3,(H,43,47)/t21?,32-,39?,40-/m0/s1. The van der Waals surface area contributed by atoms with Crippen LogP contribution in [0.15, 0.2) is 75.8 Å². The Bertz CT molecular complexity index is 2420. The van der Waals surface area contributed by atoms with Crippen LogP contribution in [0, 0.1) is 11.8 Å². The second kappa shape index (κ2) is 11.1. The summed E-state index contributed by atoms with van der Waals surface area (Å²) in [6.07, 6.45) is 4.51. The van der Waals surface area contributed by atoms with Gasteiger partial charge in [-0.3, -0.25) is 9.59 Å². The molecule has 256 valence electrons. The first-order chi connectivity index (χ1) is 24.8. The minimum atomic E-state index is -0.993. The third-order valence-corrected chi connectivity index (χ3v) is 11.9. The molecule has 0 radical (unpaired) electrons. The Kier molecular flexibility index (Phi) is 6.65. The fourth-order valence-corrected chi connectivity index (χ4v) is 9.20. The number of amides is 1. The van der Waals surface area contributed by atoms with Crippen molar-refractivity contribution in [2.75, 3.05) is 11.1 Å². The number of hydrogen-bond donors (Lipinski definition) is 3. The number of ether oxygens (including phenoxy) is 1. The highest BCUT2D eigenvalue weighted by Gasteiger charge is 2.61. The summed E-state index contributed by atoms with van der Waals surface area (Å²) >= 11 is 1.29. The lowest BCUT2D eigenvalue weighted by Gasteiger charge is -2.28. The van der Waals surface area contributed by atoms with Gasteiger partial charge < -0.3 is 29.2 Å². The summed E-state index contributed by atoms with van der Waals surface area (Å²) in [5.41, 5.74) is 7.14. The molecule has 10 bridgehead atoms. The monoisotopic (exact) mass is 697 g/mol. The highest BCUT2D eigenvalue weighted by molar-refractivity contribution is 8.13. The minimum Gasteiger partial charge on any atom is -0.469 e. The second-order valence-electron chi connectivity index (χ2n) is 14.3. The molecule has 10 rings (SSSR count). The number of aromatic nitrogens is 3. The summed E-state index contributed by atoms with van der Waals surface area (Å²) in [7, 11) is 0. The number of aromatic amines is 1. The quantitative estimate of drug-likeness (QED) is 0.164. The zero-order chi connectivity index (χ0) is 34.6. The van der Waals surface area contributed by atoms with E-state index in [-0.39, 0.29) is 23.4 Å². The van der Waals surface area contributed by atoms with Crippen molar-refractivity contribution in [1.29, 1.82) is 0 Å². The number of rotatable bonds is 5. The SMILES string of the molecule is CCCSC(=O)CC1Cc2ccc3c(c2)[C@]24c5cccc(c5NC2O3)-c2cccc3[nH]cc(c23)-c2cnc(o2)-c2nc(oc24)[C@H](C(C)C)NC1=O. The normalized spacial score (nSPS) is 22.1. The van der Waals surface area contributed by atoms with E-state index in [1.54, 1.807) is 6.20 Å². The third kappa shape index (κ3) is 4.30. The van der Waals surface area contributed by atoms with Crippen molar-refractivity contribution in [3.63, 3.8) is 0 Å². The molecule has 6 aromatic rings. The molecule has 1 spiro atoms. The maximum absolute atomic E-state index is 14.2. The zero-order valence-corrected chi connectivity index (χ0v) is 29.1. The van der Waals surface area contributed by atoms with Crippen LogP contribution in [0.2, 0.25) is 0 Å². The van der Waals surface area contributed by atoms with Gasteiger partial charge >= 0.3 is 0 Å². The molecule has 4 atom stereocenters. The average molecular weight is 698 g/mol. The van der Waals surface area contributed by atoms with Crippen molar-refractivity contribution in [3.8, 4) is 39.8 Å². The number of nitrogens with zero attached hydrogens (tertiary/aromatic N) is 2. The van der Waals surface area contributed by atoms with Crippen molar-refractivity contribution >= 4 is 39.4 Å². The summed E-state index contributed by atoms with van der Waals surface area (Å²) in [5, 5.41) is 8.08. The number of H-pyrrole nitrogens is 1. The van der Waals surface area contributed by atoms with Gasteiger partial charge in [-0.05, 0) is 42.0 Å². The smallest absolute Gasteiger partial charge is 0.249 e. The van der Waals surface area contributed by atoms with E-state index in [1.165, 1.54) is 11.8 Å². The van der Waals surface area contributed by atoms with E-state index in [0.717, 1.165) is 62.1 Å². The van der Waals surface area contributed by atoms with Gasteiger partial charge in [-0.15, -0.1) is 0 Å². The van der Waals surface area contributed by atoms with E-state index in [1.807, 2.05) is 39.1 Å². The predicted octanol–water partition coefficient (Wildman–Crippen LogP) is 7.98. The van der Waals surface area contributed by atoms with Gasteiger partial charge in [0.25, 0.3) is 0 Å². The van der Waals surface area contributed by atoms with Gasteiger partial charge in [0.15, 0.2) is 28.6 Å². The van der Waals surface area contributed by atoms with E-state index < -0.39 is 23.6 Å². The average Bonchev–Trinajstić information content (AvgIpc) is 3.95. The van der Waals surface area contributed by atoms with Crippen LogP contribution < -0.4 is 15.4 Å². The number of carbonyl (C=O) groups excluding carboxylic acids is 2. The Labute approximate surface area is 297 Å². The lowest BCUT2D eigenvalue weighted by atomic mass is 9.72. The van der Waals surface area contributed by atoms with Gasteiger partial charge in [0.1, 0.15) is 17.2 Å². The van der Waals surface area contributed by atoms with Gasteiger partial charge in [-0.25, -0.2) is 9.97 Å². The fraction of sp³-hybridized carbons (Fsp3) is 0.300. The van der Waals surface area contributed by atoms with Crippen LogP contribution >= 0.6 is 11.8 Å². The topological polar surface area (TPSA) is 135 Å². The first-order valence-corrected chi connectivity index (χ1v) is 18.6. The fourth-order valence-electron chi connectivity index (χ4n) is 8.45. The molecule has 10 nitrogen and oxygen atoms in total. The first-order valence-electron chi connectivity index (χ1n) is 17.6. The molecule has 11 heteroatoms. The number of para-hydroxylation sites is 1. The zero-order valence-electron chi connectivity index (χ0n) is 28.3. The van der Waals surface area contributed by atoms with Gasteiger partial charge in [-0.1, -0.05) is 75.0 Å². The van der Waals surface area contributed by atoms with Crippen LogP contribution in [0.25, 0.3) is 44.9 Å². The van der Waals surface area contributed by atoms with Crippen LogP contribution in [-0.2, 0) is 21.4 Å². The van der Waals surface area contributed by atoms with Crippen LogP contribution in [-0.4, -0.2) is 38.0 Å².